The molecule has 2 aromatic rings. The number of hydrogen-bond acceptors (Lipinski definition) is 4. The van der Waals surface area contributed by atoms with Crippen LogP contribution in [0.25, 0.3) is 0 Å². The average Bonchev–Trinajstić information content (AvgIpc) is 2.74. The molecule has 1 aromatic heterocycles. The van der Waals surface area contributed by atoms with Crippen molar-refractivity contribution < 1.29 is 9.53 Å². The van der Waals surface area contributed by atoms with E-state index in [9.17, 15) is 4.79 Å². The van der Waals surface area contributed by atoms with Crippen molar-refractivity contribution in [3.05, 3.63) is 58.6 Å². The number of likely N-dealkylation sites (tertiary alicyclic amines) is 1. The van der Waals surface area contributed by atoms with Gasteiger partial charge in [-0.15, -0.1) is 0 Å². The van der Waals surface area contributed by atoms with E-state index >= 15 is 0 Å². The molecule has 1 amide bonds. The quantitative estimate of drug-likeness (QED) is 0.785. The van der Waals surface area contributed by atoms with E-state index in [1.807, 2.05) is 42.3 Å². The number of hydrogen-bond donors (Lipinski definition) is 0. The third-order valence-electron chi connectivity index (χ3n) is 6.05. The predicted octanol–water partition coefficient (Wildman–Crippen LogP) is 3.89. The first-order chi connectivity index (χ1) is 13.6. The zero-order valence-electron chi connectivity index (χ0n) is 16.2. The molecule has 0 unspecified atom stereocenters. The van der Waals surface area contributed by atoms with Gasteiger partial charge in [-0.3, -0.25) is 14.8 Å². The summed E-state index contributed by atoms with van der Waals surface area (Å²) in [6.07, 6.45) is 7.05. The normalized spacial score (nSPS) is 22.1. The Balaban J connectivity index is 1.60. The molecule has 5 nitrogen and oxygen atoms in total. The van der Waals surface area contributed by atoms with Crippen LogP contribution < -0.4 is 0 Å². The van der Waals surface area contributed by atoms with E-state index in [0.29, 0.717) is 37.6 Å². The van der Waals surface area contributed by atoms with Crippen LogP contribution in [0.4, 0.5) is 0 Å². The minimum atomic E-state index is -0.525. The lowest BCUT2D eigenvalue weighted by Gasteiger charge is -2.42. The molecule has 6 heteroatoms. The Morgan fingerprint density at radius 1 is 1.21 bits per heavy atom. The molecular formula is C22H26ClN3O2. The van der Waals surface area contributed by atoms with E-state index in [4.69, 9.17) is 16.3 Å². The standard InChI is InChI=1S/C22H26ClN3O2/c1-16-13-24-14-20(25-16)17-3-2-10-26(15-17)21(27)22(8-11-28-12-9-22)18-4-6-19(23)7-5-18/h4-7,13-14,17H,2-3,8-12,15H2,1H3/t17-/m1/s1. The van der Waals surface area contributed by atoms with Crippen molar-refractivity contribution in [2.75, 3.05) is 26.3 Å². The van der Waals surface area contributed by atoms with Gasteiger partial charge < -0.3 is 9.64 Å². The summed E-state index contributed by atoms with van der Waals surface area (Å²) in [5, 5.41) is 0.689. The zero-order valence-corrected chi connectivity index (χ0v) is 17.0. The van der Waals surface area contributed by atoms with Crippen molar-refractivity contribution in [2.24, 2.45) is 0 Å². The highest BCUT2D eigenvalue weighted by Crippen LogP contribution is 2.39. The lowest BCUT2D eigenvalue weighted by atomic mass is 9.72. The van der Waals surface area contributed by atoms with Gasteiger partial charge in [-0.2, -0.15) is 0 Å². The number of aromatic nitrogens is 2. The maximum absolute atomic E-state index is 13.8. The number of rotatable bonds is 3. The van der Waals surface area contributed by atoms with Gasteiger partial charge in [-0.1, -0.05) is 23.7 Å². The monoisotopic (exact) mass is 399 g/mol. The first kappa shape index (κ1) is 19.3. The molecule has 2 fully saturated rings. The van der Waals surface area contributed by atoms with Crippen LogP contribution >= 0.6 is 11.6 Å². The first-order valence-electron chi connectivity index (χ1n) is 10.0. The predicted molar refractivity (Wildman–Crippen MR) is 109 cm³/mol. The van der Waals surface area contributed by atoms with E-state index in [0.717, 1.165) is 36.3 Å². The summed E-state index contributed by atoms with van der Waals surface area (Å²) < 4.78 is 5.60. The molecule has 1 aromatic carbocycles. The molecule has 28 heavy (non-hydrogen) atoms. The molecule has 3 heterocycles. The molecule has 2 aliphatic rings. The van der Waals surface area contributed by atoms with Gasteiger partial charge in [0.25, 0.3) is 0 Å². The van der Waals surface area contributed by atoms with Gasteiger partial charge in [0, 0.05) is 49.6 Å². The smallest absolute Gasteiger partial charge is 0.233 e. The highest BCUT2D eigenvalue weighted by atomic mass is 35.5. The lowest BCUT2D eigenvalue weighted by Crippen LogP contribution is -2.52. The van der Waals surface area contributed by atoms with Crippen LogP contribution in [0, 0.1) is 6.92 Å². The molecule has 0 saturated carbocycles. The molecule has 1 atom stereocenters. The molecule has 2 aliphatic heterocycles. The number of amides is 1. The van der Waals surface area contributed by atoms with Crippen molar-refractivity contribution in [3.8, 4) is 0 Å². The fourth-order valence-electron chi connectivity index (χ4n) is 4.50. The van der Waals surface area contributed by atoms with E-state index < -0.39 is 5.41 Å². The summed E-state index contributed by atoms with van der Waals surface area (Å²) in [7, 11) is 0. The average molecular weight is 400 g/mol. The summed E-state index contributed by atoms with van der Waals surface area (Å²) >= 11 is 6.09. The summed E-state index contributed by atoms with van der Waals surface area (Å²) in [4.78, 5) is 24.8. The maximum atomic E-state index is 13.8. The molecule has 0 radical (unpaired) electrons. The minimum Gasteiger partial charge on any atom is -0.381 e. The molecule has 0 aliphatic carbocycles. The molecule has 4 rings (SSSR count). The van der Waals surface area contributed by atoms with Crippen LogP contribution in [-0.2, 0) is 14.9 Å². The van der Waals surface area contributed by atoms with Crippen LogP contribution in [0.15, 0.2) is 36.7 Å². The van der Waals surface area contributed by atoms with E-state index in [1.54, 1.807) is 6.20 Å². The minimum absolute atomic E-state index is 0.212. The molecular weight excluding hydrogens is 374 g/mol. The van der Waals surface area contributed by atoms with Gasteiger partial charge in [0.05, 0.1) is 16.8 Å². The third kappa shape index (κ3) is 3.78. The van der Waals surface area contributed by atoms with E-state index in [1.165, 1.54) is 0 Å². The Hall–Kier alpha value is -1.98. The van der Waals surface area contributed by atoms with Gasteiger partial charge in [0.1, 0.15) is 0 Å². The Morgan fingerprint density at radius 3 is 2.68 bits per heavy atom. The fourth-order valence-corrected chi connectivity index (χ4v) is 4.63. The Bertz CT molecular complexity index is 834. The van der Waals surface area contributed by atoms with Crippen molar-refractivity contribution in [3.63, 3.8) is 0 Å². The maximum Gasteiger partial charge on any atom is 0.233 e. The second-order valence-corrected chi connectivity index (χ2v) is 8.31. The van der Waals surface area contributed by atoms with Crippen molar-refractivity contribution >= 4 is 17.5 Å². The van der Waals surface area contributed by atoms with Gasteiger partial charge >= 0.3 is 0 Å². The zero-order chi connectivity index (χ0) is 19.6. The number of piperidine rings is 1. The fraction of sp³-hybridized carbons (Fsp3) is 0.500. The Morgan fingerprint density at radius 2 is 1.96 bits per heavy atom. The molecule has 0 bridgehead atoms. The van der Waals surface area contributed by atoms with Gasteiger partial charge in [-0.25, -0.2) is 0 Å². The third-order valence-corrected chi connectivity index (χ3v) is 6.31. The number of carbonyl (C=O) groups is 1. The number of nitrogens with zero attached hydrogens (tertiary/aromatic N) is 3. The SMILES string of the molecule is Cc1cncc([C@@H]2CCCN(C(=O)C3(c4ccc(Cl)cc4)CCOCC3)C2)n1. The molecule has 0 N–H and O–H groups in total. The van der Waals surface area contributed by atoms with Crippen LogP contribution in [0.2, 0.25) is 5.02 Å². The van der Waals surface area contributed by atoms with Crippen LogP contribution in [0.3, 0.4) is 0 Å². The number of carbonyl (C=O) groups excluding carboxylic acids is 1. The van der Waals surface area contributed by atoms with Crippen LogP contribution in [0.5, 0.6) is 0 Å². The Kier molecular flexibility index (Phi) is 5.65. The second kappa shape index (κ2) is 8.18. The number of ether oxygens (including phenoxy) is 1. The van der Waals surface area contributed by atoms with Crippen molar-refractivity contribution in [2.45, 2.75) is 43.9 Å². The highest BCUT2D eigenvalue weighted by molar-refractivity contribution is 6.30. The Labute approximate surface area is 171 Å². The highest BCUT2D eigenvalue weighted by Gasteiger charge is 2.45. The summed E-state index contributed by atoms with van der Waals surface area (Å²) in [5.41, 5.74) is 2.43. The number of halogens is 1. The van der Waals surface area contributed by atoms with Crippen molar-refractivity contribution in [1.29, 1.82) is 0 Å². The van der Waals surface area contributed by atoms with Gasteiger partial charge in [0.2, 0.25) is 5.91 Å². The van der Waals surface area contributed by atoms with Crippen LogP contribution in [-0.4, -0.2) is 47.1 Å². The molecule has 148 valence electrons. The topological polar surface area (TPSA) is 55.3 Å². The number of benzene rings is 1. The van der Waals surface area contributed by atoms with Crippen molar-refractivity contribution in [1.82, 2.24) is 14.9 Å². The number of aryl methyl sites for hydroxylation is 1. The largest absolute Gasteiger partial charge is 0.381 e. The van der Waals surface area contributed by atoms with E-state index in [2.05, 4.69) is 9.97 Å². The molecule has 0 spiro atoms. The van der Waals surface area contributed by atoms with Gasteiger partial charge in [-0.05, 0) is 50.3 Å². The molecule has 2 saturated heterocycles. The van der Waals surface area contributed by atoms with E-state index in [-0.39, 0.29) is 11.8 Å². The summed E-state index contributed by atoms with van der Waals surface area (Å²) in [6.45, 7) is 4.67. The first-order valence-corrected chi connectivity index (χ1v) is 10.4. The summed E-state index contributed by atoms with van der Waals surface area (Å²) in [5.74, 6) is 0.454. The van der Waals surface area contributed by atoms with Crippen LogP contribution in [0.1, 0.15) is 48.6 Å². The second-order valence-electron chi connectivity index (χ2n) is 7.88. The lowest BCUT2D eigenvalue weighted by molar-refractivity contribution is -0.142. The summed E-state index contributed by atoms with van der Waals surface area (Å²) in [6, 6.07) is 7.75. The van der Waals surface area contributed by atoms with Gasteiger partial charge in [0.15, 0.2) is 0 Å².